The predicted octanol–water partition coefficient (Wildman–Crippen LogP) is -0.507. The average molecular weight is 467 g/mol. The molecule has 5 saturated heterocycles. The van der Waals surface area contributed by atoms with Crippen molar-refractivity contribution in [1.29, 1.82) is 5.26 Å². The van der Waals surface area contributed by atoms with Crippen LogP contribution in [0.4, 0.5) is 0 Å². The molecule has 5 aliphatic heterocycles. The van der Waals surface area contributed by atoms with Gasteiger partial charge >= 0.3 is 0 Å². The Hall–Kier alpha value is -1.36. The Kier molecular flexibility index (Phi) is 6.39. The number of hydrogen-bond acceptors (Lipinski definition) is 10. The minimum atomic E-state index is -1.28. The molecule has 33 heavy (non-hydrogen) atoms. The van der Waals surface area contributed by atoms with Crippen LogP contribution in [0.15, 0.2) is 0 Å². The third kappa shape index (κ3) is 4.63. The van der Waals surface area contributed by atoms with E-state index in [1.165, 1.54) is 0 Å². The van der Waals surface area contributed by atoms with E-state index in [0.29, 0.717) is 13.1 Å². The lowest BCUT2D eigenvalue weighted by molar-refractivity contribution is -0.287. The minimum absolute atomic E-state index is 0.00748. The molecule has 11 heteroatoms. The average Bonchev–Trinajstić information content (AvgIpc) is 3.47. The molecule has 184 valence electrons. The normalized spacial score (nSPS) is 41.0. The van der Waals surface area contributed by atoms with Gasteiger partial charge in [0, 0.05) is 12.6 Å². The zero-order chi connectivity index (χ0) is 23.2. The number of piperidine rings is 1. The van der Waals surface area contributed by atoms with Gasteiger partial charge in [0.2, 0.25) is 11.7 Å². The molecule has 0 aromatic heterocycles. The molecule has 0 aromatic carbocycles. The van der Waals surface area contributed by atoms with Crippen LogP contribution in [0.3, 0.4) is 0 Å². The first-order chi connectivity index (χ1) is 15.8. The second kappa shape index (κ2) is 9.02. The highest BCUT2D eigenvalue weighted by atomic mass is 16.9. The van der Waals surface area contributed by atoms with Gasteiger partial charge in [-0.2, -0.15) is 5.26 Å². The summed E-state index contributed by atoms with van der Waals surface area (Å²) in [6, 6.07) is 2.19. The molecule has 2 unspecified atom stereocenters. The van der Waals surface area contributed by atoms with Crippen molar-refractivity contribution in [1.82, 2.24) is 15.1 Å². The number of fused-ring (bicyclic) bond motifs is 3. The molecular weight excluding hydrogens is 432 g/mol. The van der Waals surface area contributed by atoms with Crippen molar-refractivity contribution < 1.29 is 33.6 Å². The molecule has 5 aliphatic rings. The smallest absolute Gasteiger partial charge is 0.269 e. The molecule has 0 bridgehead atoms. The number of likely N-dealkylation sites (tertiary alicyclic amines) is 2. The van der Waals surface area contributed by atoms with Gasteiger partial charge in [-0.15, -0.1) is 0 Å². The molecule has 0 aromatic rings. The van der Waals surface area contributed by atoms with Crippen molar-refractivity contribution in [3.8, 4) is 6.07 Å². The van der Waals surface area contributed by atoms with E-state index in [1.54, 1.807) is 4.90 Å². The predicted molar refractivity (Wildman–Crippen MR) is 112 cm³/mol. The number of hydrogen-bond donors (Lipinski definition) is 2. The second-order valence-electron chi connectivity index (χ2n) is 10.1. The maximum Gasteiger partial charge on any atom is 0.269 e. The topological polar surface area (TPSA) is 126 Å². The molecule has 0 radical (unpaired) electrons. The van der Waals surface area contributed by atoms with E-state index in [0.717, 1.165) is 38.8 Å². The van der Waals surface area contributed by atoms with Crippen LogP contribution in [0, 0.1) is 11.3 Å². The van der Waals surface area contributed by atoms with Crippen LogP contribution < -0.4 is 5.32 Å². The number of nitrogens with zero attached hydrogens (tertiary/aromatic N) is 3. The Morgan fingerprint density at radius 2 is 2.00 bits per heavy atom. The number of nitrogens with one attached hydrogen (secondary N) is 1. The summed E-state index contributed by atoms with van der Waals surface area (Å²) in [7, 11) is 0. The Balaban J connectivity index is 1.14. The zero-order valence-electron chi connectivity index (χ0n) is 19.3. The summed E-state index contributed by atoms with van der Waals surface area (Å²) in [4.78, 5) is 16.5. The summed E-state index contributed by atoms with van der Waals surface area (Å²) in [6.07, 6.45) is 2.10. The largest absolute Gasteiger partial charge is 0.346 e. The molecular formula is C22H34N4O7. The Bertz CT molecular complexity index is 783. The fraction of sp³-hybridized carbons (Fsp3) is 0.909. The summed E-state index contributed by atoms with van der Waals surface area (Å²) in [5.41, 5.74) is 0. The first-order valence-electron chi connectivity index (χ1n) is 11.9. The van der Waals surface area contributed by atoms with E-state index in [4.69, 9.17) is 23.7 Å². The van der Waals surface area contributed by atoms with Crippen LogP contribution in [-0.4, -0.2) is 109 Å². The van der Waals surface area contributed by atoms with E-state index < -0.39 is 30.3 Å². The van der Waals surface area contributed by atoms with Gasteiger partial charge in [0.1, 0.15) is 24.4 Å². The van der Waals surface area contributed by atoms with E-state index in [9.17, 15) is 15.2 Å². The fourth-order valence-electron chi connectivity index (χ4n) is 5.73. The monoisotopic (exact) mass is 466 g/mol. The second-order valence-corrected chi connectivity index (χ2v) is 10.1. The van der Waals surface area contributed by atoms with Gasteiger partial charge < -0.3 is 39.0 Å². The van der Waals surface area contributed by atoms with Crippen LogP contribution in [-0.2, 0) is 28.5 Å². The van der Waals surface area contributed by atoms with E-state index in [2.05, 4.69) is 16.3 Å². The lowest BCUT2D eigenvalue weighted by Gasteiger charge is -2.44. The highest BCUT2D eigenvalue weighted by molar-refractivity contribution is 5.79. The van der Waals surface area contributed by atoms with E-state index >= 15 is 0 Å². The molecule has 11 nitrogen and oxygen atoms in total. The number of rotatable bonds is 5. The van der Waals surface area contributed by atoms with E-state index in [1.807, 2.05) is 13.8 Å². The van der Waals surface area contributed by atoms with Gasteiger partial charge in [-0.25, -0.2) is 0 Å². The molecule has 5 fully saturated rings. The first kappa shape index (κ1) is 23.4. The van der Waals surface area contributed by atoms with Crippen LogP contribution in [0.5, 0.6) is 0 Å². The standard InChI is InChI=1S/C22H34N4O7/c1-21(2)32-19-18-16(30-20(28)31-18)12-29-22(19,33-21)13-25-8-5-14(6-9-25)24-11-17(27)26-7-3-4-15(26)10-23/h14-16,18-20,24,28H,3-9,11-13H2,1-2H3/t15-,16+,18+,19?,20?,22-/m0/s1. The van der Waals surface area contributed by atoms with Crippen molar-refractivity contribution in [2.45, 2.75) is 88.0 Å². The third-order valence-corrected chi connectivity index (χ3v) is 7.28. The molecule has 5 heterocycles. The summed E-state index contributed by atoms with van der Waals surface area (Å²) in [6.45, 7) is 5.80. The van der Waals surface area contributed by atoms with Crippen LogP contribution >= 0.6 is 0 Å². The molecule has 1 amide bonds. The first-order valence-corrected chi connectivity index (χ1v) is 11.9. The zero-order valence-corrected chi connectivity index (χ0v) is 19.3. The molecule has 5 rings (SSSR count). The summed E-state index contributed by atoms with van der Waals surface area (Å²) in [5.74, 6) is -1.82. The summed E-state index contributed by atoms with van der Waals surface area (Å²) >= 11 is 0. The van der Waals surface area contributed by atoms with Crippen LogP contribution in [0.25, 0.3) is 0 Å². The van der Waals surface area contributed by atoms with Crippen molar-refractivity contribution in [2.24, 2.45) is 0 Å². The van der Waals surface area contributed by atoms with Crippen molar-refractivity contribution >= 4 is 5.91 Å². The number of carbonyl (C=O) groups excluding carboxylic acids is 1. The Morgan fingerprint density at radius 3 is 2.76 bits per heavy atom. The lowest BCUT2D eigenvalue weighted by Crippen LogP contribution is -2.63. The number of nitriles is 1. The number of carbonyl (C=O) groups is 1. The van der Waals surface area contributed by atoms with Gasteiger partial charge in [-0.3, -0.25) is 9.69 Å². The summed E-state index contributed by atoms with van der Waals surface area (Å²) in [5, 5.41) is 22.4. The van der Waals surface area contributed by atoms with Gasteiger partial charge in [-0.05, 0) is 52.6 Å². The third-order valence-electron chi connectivity index (χ3n) is 7.28. The quantitative estimate of drug-likeness (QED) is 0.547. The summed E-state index contributed by atoms with van der Waals surface area (Å²) < 4.78 is 29.6. The SMILES string of the molecule is CC1(C)OC2[C@@H]3OC(O)O[C@@H]3CO[C@@]2(CN2CCC(NCC(=O)N3CCC[C@H]3C#N)CC2)O1. The Morgan fingerprint density at radius 1 is 1.21 bits per heavy atom. The minimum Gasteiger partial charge on any atom is -0.346 e. The van der Waals surface area contributed by atoms with Gasteiger partial charge in [-0.1, -0.05) is 0 Å². The van der Waals surface area contributed by atoms with Crippen LogP contribution in [0.2, 0.25) is 0 Å². The number of amides is 1. The van der Waals surface area contributed by atoms with E-state index in [-0.39, 0.29) is 37.2 Å². The molecule has 2 N–H and O–H groups in total. The number of aliphatic hydroxyl groups is 1. The van der Waals surface area contributed by atoms with Crippen LogP contribution in [0.1, 0.15) is 39.5 Å². The fourth-order valence-corrected chi connectivity index (χ4v) is 5.73. The maximum absolute atomic E-state index is 12.5. The molecule has 0 saturated carbocycles. The number of ether oxygens (including phenoxy) is 5. The van der Waals surface area contributed by atoms with Gasteiger partial charge in [0.25, 0.3) is 6.48 Å². The van der Waals surface area contributed by atoms with Gasteiger partial charge in [0.05, 0.1) is 25.8 Å². The highest BCUT2D eigenvalue weighted by Gasteiger charge is 2.64. The highest BCUT2D eigenvalue weighted by Crippen LogP contribution is 2.46. The number of aliphatic hydroxyl groups excluding tert-OH is 1. The Labute approximate surface area is 193 Å². The van der Waals surface area contributed by atoms with Crippen molar-refractivity contribution in [3.05, 3.63) is 0 Å². The maximum atomic E-state index is 12.5. The van der Waals surface area contributed by atoms with Crippen molar-refractivity contribution in [3.63, 3.8) is 0 Å². The molecule has 0 aliphatic carbocycles. The molecule has 6 atom stereocenters. The molecule has 0 spiro atoms. The van der Waals surface area contributed by atoms with Crippen molar-refractivity contribution in [2.75, 3.05) is 39.3 Å². The lowest BCUT2D eigenvalue weighted by atomic mass is 9.95. The van der Waals surface area contributed by atoms with Gasteiger partial charge in [0.15, 0.2) is 5.79 Å².